The van der Waals surface area contributed by atoms with Crippen molar-refractivity contribution in [2.24, 2.45) is 0 Å². The summed E-state index contributed by atoms with van der Waals surface area (Å²) in [4.78, 5) is 1.35. The van der Waals surface area contributed by atoms with Crippen LogP contribution in [0.25, 0.3) is 0 Å². The van der Waals surface area contributed by atoms with Crippen LogP contribution in [0.4, 0.5) is 0 Å². The molecule has 0 amide bonds. The lowest BCUT2D eigenvalue weighted by Gasteiger charge is -2.12. The van der Waals surface area contributed by atoms with Gasteiger partial charge in [-0.05, 0) is 40.0 Å². The van der Waals surface area contributed by atoms with Gasteiger partial charge in [-0.15, -0.1) is 11.3 Å². The summed E-state index contributed by atoms with van der Waals surface area (Å²) in [5, 5.41) is 5.66. The molecule has 2 nitrogen and oxygen atoms in total. The normalized spacial score (nSPS) is 12.6. The van der Waals surface area contributed by atoms with E-state index in [1.54, 1.807) is 18.4 Å². The number of benzene rings is 1. The van der Waals surface area contributed by atoms with Crippen LogP contribution in [0.3, 0.4) is 0 Å². The molecule has 1 N–H and O–H groups in total. The average molecular weight is 340 g/mol. The van der Waals surface area contributed by atoms with Crippen molar-refractivity contribution in [1.29, 1.82) is 0 Å². The van der Waals surface area contributed by atoms with Gasteiger partial charge in [-0.25, -0.2) is 0 Å². The van der Waals surface area contributed by atoms with Crippen molar-refractivity contribution < 1.29 is 4.74 Å². The quantitative estimate of drug-likeness (QED) is 0.836. The Hall–Kier alpha value is -0.680. The van der Waals surface area contributed by atoms with E-state index in [-0.39, 0.29) is 0 Å². The lowest BCUT2D eigenvalue weighted by molar-refractivity contribution is 0.185. The fourth-order valence-corrected chi connectivity index (χ4v) is 3.40. The van der Waals surface area contributed by atoms with Crippen LogP contribution in [0.5, 0.6) is 0 Å². The van der Waals surface area contributed by atoms with Crippen molar-refractivity contribution in [2.75, 3.05) is 7.11 Å². The molecule has 4 heteroatoms. The average Bonchev–Trinajstić information content (AvgIpc) is 2.84. The third-order valence-electron chi connectivity index (χ3n) is 2.93. The van der Waals surface area contributed by atoms with Crippen LogP contribution in [0, 0.1) is 0 Å². The smallest absolute Gasteiger partial charge is 0.0713 e. The van der Waals surface area contributed by atoms with Crippen molar-refractivity contribution in [1.82, 2.24) is 5.32 Å². The van der Waals surface area contributed by atoms with E-state index >= 15 is 0 Å². The summed E-state index contributed by atoms with van der Waals surface area (Å²) in [7, 11) is 1.72. The van der Waals surface area contributed by atoms with Gasteiger partial charge >= 0.3 is 0 Å². The molecular formula is C15H18BrNOS. The van der Waals surface area contributed by atoms with Gasteiger partial charge in [0.25, 0.3) is 0 Å². The minimum atomic E-state index is 0.363. The Balaban J connectivity index is 1.93. The number of methoxy groups -OCH3 is 1. The Bertz CT molecular complexity index is 526. The van der Waals surface area contributed by atoms with E-state index < -0.39 is 0 Å². The predicted molar refractivity (Wildman–Crippen MR) is 84.4 cm³/mol. The molecule has 1 unspecified atom stereocenters. The maximum atomic E-state index is 5.16. The summed E-state index contributed by atoms with van der Waals surface area (Å²) in [6, 6.07) is 11.0. The Morgan fingerprint density at radius 2 is 2.11 bits per heavy atom. The highest BCUT2D eigenvalue weighted by Crippen LogP contribution is 2.25. The zero-order chi connectivity index (χ0) is 13.7. The van der Waals surface area contributed by atoms with Crippen molar-refractivity contribution in [2.45, 2.75) is 26.1 Å². The van der Waals surface area contributed by atoms with Crippen molar-refractivity contribution in [3.63, 3.8) is 0 Å². The minimum absolute atomic E-state index is 0.363. The minimum Gasteiger partial charge on any atom is -0.380 e. The van der Waals surface area contributed by atoms with Gasteiger partial charge < -0.3 is 10.1 Å². The lowest BCUT2D eigenvalue weighted by atomic mass is 10.1. The summed E-state index contributed by atoms with van der Waals surface area (Å²) in [6.45, 7) is 3.73. The molecule has 0 aliphatic rings. The maximum Gasteiger partial charge on any atom is 0.0713 e. The monoisotopic (exact) mass is 339 g/mol. The first kappa shape index (κ1) is 14.7. The Morgan fingerprint density at radius 1 is 1.32 bits per heavy atom. The van der Waals surface area contributed by atoms with E-state index in [1.807, 2.05) is 0 Å². The lowest BCUT2D eigenvalue weighted by Crippen LogP contribution is -2.17. The second kappa shape index (κ2) is 7.20. The van der Waals surface area contributed by atoms with Crippen LogP contribution in [-0.2, 0) is 17.9 Å². The van der Waals surface area contributed by atoms with Crippen molar-refractivity contribution in [3.8, 4) is 0 Å². The van der Waals surface area contributed by atoms with Gasteiger partial charge in [0.1, 0.15) is 0 Å². The van der Waals surface area contributed by atoms with Gasteiger partial charge in [0.15, 0.2) is 0 Å². The summed E-state index contributed by atoms with van der Waals surface area (Å²) in [6.07, 6.45) is 0. The van der Waals surface area contributed by atoms with Crippen LogP contribution in [-0.4, -0.2) is 7.11 Å². The van der Waals surface area contributed by atoms with Crippen LogP contribution >= 0.6 is 27.3 Å². The third kappa shape index (κ3) is 4.42. The van der Waals surface area contributed by atoms with E-state index in [0.29, 0.717) is 12.6 Å². The Labute approximate surface area is 126 Å². The van der Waals surface area contributed by atoms with Crippen LogP contribution in [0.1, 0.15) is 29.0 Å². The first-order chi connectivity index (χ1) is 9.19. The SMILES string of the molecule is COCc1cccc(CNC(C)c2cc(Br)cs2)c1. The second-order valence-electron chi connectivity index (χ2n) is 4.52. The van der Waals surface area contributed by atoms with Crippen LogP contribution in [0.2, 0.25) is 0 Å². The number of hydrogen-bond donors (Lipinski definition) is 1. The standard InChI is InChI=1S/C15H18BrNOS/c1-11(15-7-14(16)10-19-15)17-8-12-4-3-5-13(6-12)9-18-2/h3-7,10-11,17H,8-9H2,1-2H3. The molecule has 0 spiro atoms. The summed E-state index contributed by atoms with van der Waals surface area (Å²) in [5.74, 6) is 0. The highest BCUT2D eigenvalue weighted by Gasteiger charge is 2.07. The molecule has 102 valence electrons. The molecule has 0 aliphatic carbocycles. The molecule has 0 saturated carbocycles. The third-order valence-corrected chi connectivity index (χ3v) is 4.81. The predicted octanol–water partition coefficient (Wildman–Crippen LogP) is 4.51. The molecular weight excluding hydrogens is 322 g/mol. The maximum absolute atomic E-state index is 5.16. The molecule has 0 radical (unpaired) electrons. The van der Waals surface area contributed by atoms with Gasteiger partial charge in [0.2, 0.25) is 0 Å². The summed E-state index contributed by atoms with van der Waals surface area (Å²) >= 11 is 5.27. The van der Waals surface area contributed by atoms with Crippen molar-refractivity contribution >= 4 is 27.3 Å². The Kier molecular flexibility index (Phi) is 5.58. The fraction of sp³-hybridized carbons (Fsp3) is 0.333. The molecule has 0 bridgehead atoms. The molecule has 1 atom stereocenters. The highest BCUT2D eigenvalue weighted by molar-refractivity contribution is 9.10. The first-order valence-electron chi connectivity index (χ1n) is 6.23. The van der Waals surface area contributed by atoms with Crippen LogP contribution in [0.15, 0.2) is 40.2 Å². The molecule has 2 rings (SSSR count). The van der Waals surface area contributed by atoms with E-state index in [1.165, 1.54) is 16.0 Å². The molecule has 19 heavy (non-hydrogen) atoms. The van der Waals surface area contributed by atoms with Crippen LogP contribution < -0.4 is 5.32 Å². The van der Waals surface area contributed by atoms with E-state index in [9.17, 15) is 0 Å². The second-order valence-corrected chi connectivity index (χ2v) is 6.38. The number of ether oxygens (including phenoxy) is 1. The van der Waals surface area contributed by atoms with E-state index in [2.05, 4.69) is 63.9 Å². The number of thiophene rings is 1. The molecule has 1 heterocycles. The van der Waals surface area contributed by atoms with Gasteiger partial charge in [0.05, 0.1) is 6.61 Å². The molecule has 0 saturated heterocycles. The van der Waals surface area contributed by atoms with Crippen molar-refractivity contribution in [3.05, 3.63) is 56.2 Å². The summed E-state index contributed by atoms with van der Waals surface area (Å²) < 4.78 is 6.31. The van der Waals surface area contributed by atoms with Gasteiger partial charge in [-0.1, -0.05) is 24.3 Å². The fourth-order valence-electron chi connectivity index (χ4n) is 1.92. The van der Waals surface area contributed by atoms with Gasteiger partial charge in [0, 0.05) is 34.4 Å². The largest absolute Gasteiger partial charge is 0.380 e. The summed E-state index contributed by atoms with van der Waals surface area (Å²) in [5.41, 5.74) is 2.50. The number of halogens is 1. The molecule has 1 aromatic heterocycles. The van der Waals surface area contributed by atoms with Gasteiger partial charge in [-0.3, -0.25) is 0 Å². The topological polar surface area (TPSA) is 21.3 Å². The molecule has 0 fully saturated rings. The number of hydrogen-bond acceptors (Lipinski definition) is 3. The van der Waals surface area contributed by atoms with Gasteiger partial charge in [-0.2, -0.15) is 0 Å². The zero-order valence-electron chi connectivity index (χ0n) is 11.2. The molecule has 0 aliphatic heterocycles. The van der Waals surface area contributed by atoms with E-state index in [0.717, 1.165) is 11.0 Å². The molecule has 1 aromatic carbocycles. The number of nitrogens with one attached hydrogen (secondary N) is 1. The molecule has 2 aromatic rings. The first-order valence-corrected chi connectivity index (χ1v) is 7.90. The number of rotatable bonds is 6. The zero-order valence-corrected chi connectivity index (χ0v) is 13.6. The van der Waals surface area contributed by atoms with E-state index in [4.69, 9.17) is 4.74 Å². The Morgan fingerprint density at radius 3 is 2.79 bits per heavy atom. The highest BCUT2D eigenvalue weighted by atomic mass is 79.9.